The van der Waals surface area contributed by atoms with E-state index in [4.69, 9.17) is 4.74 Å². The SMILES string of the molecule is COc1nccc(N(C)C)c1NC(=O)C1CSCN1. The Balaban J connectivity index is 2.24. The predicted octanol–water partition coefficient (Wildman–Crippen LogP) is 0.757. The summed E-state index contributed by atoms with van der Waals surface area (Å²) in [5, 5.41) is 6.05. The van der Waals surface area contributed by atoms with E-state index >= 15 is 0 Å². The third kappa shape index (κ3) is 3.10. The van der Waals surface area contributed by atoms with Gasteiger partial charge in [0.05, 0.1) is 18.8 Å². The highest BCUT2D eigenvalue weighted by Crippen LogP contribution is 2.32. The van der Waals surface area contributed by atoms with Gasteiger partial charge in [-0.3, -0.25) is 10.1 Å². The molecule has 1 unspecified atom stereocenters. The Morgan fingerprint density at radius 3 is 3.00 bits per heavy atom. The maximum Gasteiger partial charge on any atom is 0.242 e. The summed E-state index contributed by atoms with van der Waals surface area (Å²) in [6, 6.07) is 1.68. The molecule has 0 bridgehead atoms. The largest absolute Gasteiger partial charge is 0.479 e. The zero-order valence-electron chi connectivity index (χ0n) is 11.3. The fourth-order valence-corrected chi connectivity index (χ4v) is 2.79. The number of anilines is 2. The monoisotopic (exact) mass is 282 g/mol. The van der Waals surface area contributed by atoms with E-state index in [0.717, 1.165) is 17.3 Å². The van der Waals surface area contributed by atoms with E-state index in [2.05, 4.69) is 15.6 Å². The maximum absolute atomic E-state index is 12.2. The normalized spacial score (nSPS) is 18.2. The van der Waals surface area contributed by atoms with Crippen molar-refractivity contribution in [2.45, 2.75) is 6.04 Å². The Morgan fingerprint density at radius 1 is 1.63 bits per heavy atom. The van der Waals surface area contributed by atoms with E-state index in [0.29, 0.717) is 11.6 Å². The summed E-state index contributed by atoms with van der Waals surface area (Å²) in [6.45, 7) is 0. The number of methoxy groups -OCH3 is 1. The summed E-state index contributed by atoms with van der Waals surface area (Å²) in [7, 11) is 5.36. The van der Waals surface area contributed by atoms with Crippen molar-refractivity contribution in [3.63, 3.8) is 0 Å². The summed E-state index contributed by atoms with van der Waals surface area (Å²) in [6.07, 6.45) is 1.66. The highest BCUT2D eigenvalue weighted by atomic mass is 32.2. The first-order valence-electron chi connectivity index (χ1n) is 5.95. The fraction of sp³-hybridized carbons (Fsp3) is 0.500. The van der Waals surface area contributed by atoms with Crippen LogP contribution >= 0.6 is 11.8 Å². The highest BCUT2D eigenvalue weighted by molar-refractivity contribution is 7.99. The molecule has 1 aliphatic heterocycles. The molecule has 1 aliphatic rings. The van der Waals surface area contributed by atoms with Crippen molar-refractivity contribution < 1.29 is 9.53 Å². The van der Waals surface area contributed by atoms with Crippen molar-refractivity contribution >= 4 is 29.0 Å². The number of thioether (sulfide) groups is 1. The van der Waals surface area contributed by atoms with E-state index in [1.165, 1.54) is 0 Å². The van der Waals surface area contributed by atoms with Gasteiger partial charge in [0.15, 0.2) is 0 Å². The number of ether oxygens (including phenoxy) is 1. The van der Waals surface area contributed by atoms with Crippen molar-refractivity contribution in [2.75, 3.05) is 43.1 Å². The summed E-state index contributed by atoms with van der Waals surface area (Å²) in [4.78, 5) is 18.2. The van der Waals surface area contributed by atoms with Gasteiger partial charge in [0.25, 0.3) is 0 Å². The molecule has 1 amide bonds. The molecule has 19 heavy (non-hydrogen) atoms. The van der Waals surface area contributed by atoms with Gasteiger partial charge >= 0.3 is 0 Å². The third-order valence-electron chi connectivity index (χ3n) is 2.85. The highest BCUT2D eigenvalue weighted by Gasteiger charge is 2.24. The van der Waals surface area contributed by atoms with E-state index < -0.39 is 0 Å². The van der Waals surface area contributed by atoms with Crippen LogP contribution in [0, 0.1) is 0 Å². The molecule has 1 aromatic heterocycles. The number of nitrogens with one attached hydrogen (secondary N) is 2. The van der Waals surface area contributed by atoms with Gasteiger partial charge in [-0.2, -0.15) is 0 Å². The van der Waals surface area contributed by atoms with Gasteiger partial charge in [-0.05, 0) is 6.07 Å². The molecule has 1 saturated heterocycles. The van der Waals surface area contributed by atoms with Crippen LogP contribution in [-0.2, 0) is 4.79 Å². The van der Waals surface area contributed by atoms with E-state index in [1.807, 2.05) is 25.1 Å². The minimum absolute atomic E-state index is 0.0561. The minimum atomic E-state index is -0.162. The van der Waals surface area contributed by atoms with Gasteiger partial charge in [0.2, 0.25) is 11.8 Å². The molecule has 0 spiro atoms. The molecule has 0 radical (unpaired) electrons. The number of aromatic nitrogens is 1. The van der Waals surface area contributed by atoms with Crippen molar-refractivity contribution in [3.05, 3.63) is 12.3 Å². The second-order valence-electron chi connectivity index (χ2n) is 4.37. The van der Waals surface area contributed by atoms with Gasteiger partial charge in [0, 0.05) is 31.9 Å². The number of hydrogen-bond donors (Lipinski definition) is 2. The summed E-state index contributed by atoms with van der Waals surface area (Å²) in [5.41, 5.74) is 1.48. The molecular formula is C12H18N4O2S. The van der Waals surface area contributed by atoms with Crippen LogP contribution in [0.2, 0.25) is 0 Å². The van der Waals surface area contributed by atoms with Gasteiger partial charge in [-0.25, -0.2) is 4.98 Å². The Hall–Kier alpha value is -1.47. The molecule has 0 aromatic carbocycles. The van der Waals surface area contributed by atoms with Crippen molar-refractivity contribution in [1.82, 2.24) is 10.3 Å². The molecule has 1 aromatic rings. The molecule has 104 valence electrons. The molecule has 2 N–H and O–H groups in total. The molecular weight excluding hydrogens is 264 g/mol. The quantitative estimate of drug-likeness (QED) is 0.850. The number of carbonyl (C=O) groups excluding carboxylic acids is 1. The van der Waals surface area contributed by atoms with Gasteiger partial charge < -0.3 is 15.0 Å². The lowest BCUT2D eigenvalue weighted by Gasteiger charge is -2.20. The van der Waals surface area contributed by atoms with Crippen LogP contribution in [0.15, 0.2) is 12.3 Å². The van der Waals surface area contributed by atoms with Crippen LogP contribution < -0.4 is 20.3 Å². The first-order valence-corrected chi connectivity index (χ1v) is 7.11. The number of carbonyl (C=O) groups is 1. The van der Waals surface area contributed by atoms with Gasteiger partial charge in [-0.1, -0.05) is 0 Å². The number of nitrogens with zero attached hydrogens (tertiary/aromatic N) is 2. The van der Waals surface area contributed by atoms with E-state index in [1.54, 1.807) is 25.1 Å². The van der Waals surface area contributed by atoms with Crippen molar-refractivity contribution in [3.8, 4) is 5.88 Å². The van der Waals surface area contributed by atoms with Crippen molar-refractivity contribution in [2.24, 2.45) is 0 Å². The van der Waals surface area contributed by atoms with Gasteiger partial charge in [-0.15, -0.1) is 11.8 Å². The lowest BCUT2D eigenvalue weighted by atomic mass is 10.2. The lowest BCUT2D eigenvalue weighted by molar-refractivity contribution is -0.117. The number of amides is 1. The Labute approximate surface area is 116 Å². The zero-order valence-corrected chi connectivity index (χ0v) is 12.1. The minimum Gasteiger partial charge on any atom is -0.479 e. The topological polar surface area (TPSA) is 66.5 Å². The average molecular weight is 282 g/mol. The second kappa shape index (κ2) is 6.12. The molecule has 2 heterocycles. The Kier molecular flexibility index (Phi) is 4.49. The lowest BCUT2D eigenvalue weighted by Crippen LogP contribution is -2.37. The average Bonchev–Trinajstić information content (AvgIpc) is 2.92. The molecule has 2 rings (SSSR count). The first kappa shape index (κ1) is 14.0. The molecule has 1 fully saturated rings. The Morgan fingerprint density at radius 2 is 2.42 bits per heavy atom. The first-order chi connectivity index (χ1) is 9.13. The second-order valence-corrected chi connectivity index (χ2v) is 5.40. The van der Waals surface area contributed by atoms with Crippen molar-refractivity contribution in [1.29, 1.82) is 0 Å². The zero-order chi connectivity index (χ0) is 13.8. The van der Waals surface area contributed by atoms with Crippen LogP contribution in [0.3, 0.4) is 0 Å². The van der Waals surface area contributed by atoms with Crippen LogP contribution in [0.5, 0.6) is 5.88 Å². The molecule has 6 nitrogen and oxygen atoms in total. The van der Waals surface area contributed by atoms with Crippen LogP contribution in [0.25, 0.3) is 0 Å². The molecule has 0 saturated carbocycles. The number of hydrogen-bond acceptors (Lipinski definition) is 6. The fourth-order valence-electron chi connectivity index (χ4n) is 1.85. The molecule has 0 aliphatic carbocycles. The smallest absolute Gasteiger partial charge is 0.242 e. The maximum atomic E-state index is 12.2. The third-order valence-corrected chi connectivity index (χ3v) is 3.79. The van der Waals surface area contributed by atoms with Crippen LogP contribution in [0.4, 0.5) is 11.4 Å². The van der Waals surface area contributed by atoms with E-state index in [9.17, 15) is 4.79 Å². The van der Waals surface area contributed by atoms with E-state index in [-0.39, 0.29) is 11.9 Å². The molecule has 1 atom stereocenters. The summed E-state index contributed by atoms with van der Waals surface area (Å²) >= 11 is 1.71. The predicted molar refractivity (Wildman–Crippen MR) is 78.0 cm³/mol. The van der Waals surface area contributed by atoms with Crippen LogP contribution in [0.1, 0.15) is 0 Å². The van der Waals surface area contributed by atoms with Gasteiger partial charge in [0.1, 0.15) is 5.69 Å². The van der Waals surface area contributed by atoms with Crippen LogP contribution in [-0.4, -0.2) is 49.8 Å². The summed E-state index contributed by atoms with van der Waals surface area (Å²) < 4.78 is 5.22. The standard InChI is InChI=1S/C12H18N4O2S/c1-16(2)9-4-5-13-12(18-3)10(9)15-11(17)8-6-19-7-14-8/h4-5,8,14H,6-7H2,1-3H3,(H,15,17). The molecule has 7 heteroatoms. The summed E-state index contributed by atoms with van der Waals surface area (Å²) in [5.74, 6) is 1.96. The number of pyridine rings is 1. The number of rotatable bonds is 4. The Bertz CT molecular complexity index is 461.